The molecule has 122 valence electrons. The van der Waals surface area contributed by atoms with E-state index < -0.39 is 11.9 Å². The molecule has 0 aromatic rings. The summed E-state index contributed by atoms with van der Waals surface area (Å²) < 4.78 is 5.32. The zero-order chi connectivity index (χ0) is 16.1. The largest absolute Gasteiger partial charge is 0.478 e. The average Bonchev–Trinajstić information content (AvgIpc) is 2.42. The van der Waals surface area contributed by atoms with E-state index in [0.29, 0.717) is 0 Å². The van der Waals surface area contributed by atoms with Gasteiger partial charge in [0, 0.05) is 12.2 Å². The van der Waals surface area contributed by atoms with Crippen molar-refractivity contribution in [1.82, 2.24) is 0 Å². The van der Waals surface area contributed by atoms with Gasteiger partial charge in [0.05, 0.1) is 0 Å². The number of aliphatic carboxylic acids is 1. The summed E-state index contributed by atoms with van der Waals surface area (Å²) in [5.74, 6) is -1.47. The summed E-state index contributed by atoms with van der Waals surface area (Å²) >= 11 is 0. The number of hydrogen-bond acceptors (Lipinski definition) is 3. The quantitative estimate of drug-likeness (QED) is 0.331. The van der Waals surface area contributed by atoms with Crippen molar-refractivity contribution in [2.24, 2.45) is 5.92 Å². The molecule has 0 saturated heterocycles. The molecule has 1 N–H and O–H groups in total. The summed E-state index contributed by atoms with van der Waals surface area (Å²) in [6, 6.07) is 0. The zero-order valence-corrected chi connectivity index (χ0v) is 13.6. The van der Waals surface area contributed by atoms with Crippen LogP contribution in [0.2, 0.25) is 0 Å². The second kappa shape index (κ2) is 12.4. The molecule has 0 spiro atoms. The number of unbranched alkanes of at least 4 members (excludes halogenated alkanes) is 6. The van der Waals surface area contributed by atoms with Crippen LogP contribution in [-0.4, -0.2) is 23.1 Å². The lowest BCUT2D eigenvalue weighted by Crippen LogP contribution is -2.22. The van der Waals surface area contributed by atoms with Gasteiger partial charge in [-0.1, -0.05) is 59.3 Å². The minimum atomic E-state index is -1.14. The molecule has 0 saturated carbocycles. The Morgan fingerprint density at radius 1 is 1.00 bits per heavy atom. The third-order valence-electron chi connectivity index (χ3n) is 3.47. The van der Waals surface area contributed by atoms with Crippen LogP contribution in [0.1, 0.15) is 72.1 Å². The molecule has 0 aliphatic rings. The van der Waals surface area contributed by atoms with Crippen molar-refractivity contribution in [1.29, 1.82) is 0 Å². The van der Waals surface area contributed by atoms with Crippen molar-refractivity contribution in [3.63, 3.8) is 0 Å². The molecule has 0 aliphatic heterocycles. The lowest BCUT2D eigenvalue weighted by Gasteiger charge is -2.20. The monoisotopic (exact) mass is 298 g/mol. The normalized spacial score (nSPS) is 12.8. The highest BCUT2D eigenvalue weighted by atomic mass is 16.5. The second-order valence-electron chi connectivity index (χ2n) is 5.80. The molecule has 0 amide bonds. The summed E-state index contributed by atoms with van der Waals surface area (Å²) in [6.45, 7) is 6.24. The molecule has 21 heavy (non-hydrogen) atoms. The Labute approximate surface area is 128 Å². The van der Waals surface area contributed by atoms with Gasteiger partial charge in [0.25, 0.3) is 0 Å². The van der Waals surface area contributed by atoms with Crippen LogP contribution in [0.25, 0.3) is 0 Å². The SMILES string of the molecule is CCCCCCCCCC(OC(=O)/C=C\C(=O)O)C(C)C. The number of carbonyl (C=O) groups excluding carboxylic acids is 1. The van der Waals surface area contributed by atoms with Crippen LogP contribution < -0.4 is 0 Å². The van der Waals surface area contributed by atoms with Crippen LogP contribution in [0, 0.1) is 5.92 Å². The standard InChI is InChI=1S/C17H30O4/c1-4-5-6-7-8-9-10-11-15(14(2)3)21-17(20)13-12-16(18)19/h12-15H,4-11H2,1-3H3,(H,18,19)/b13-12-. The molecule has 4 nitrogen and oxygen atoms in total. The van der Waals surface area contributed by atoms with Crippen molar-refractivity contribution >= 4 is 11.9 Å². The fourth-order valence-electron chi connectivity index (χ4n) is 2.16. The maximum Gasteiger partial charge on any atom is 0.331 e. The van der Waals surface area contributed by atoms with Gasteiger partial charge < -0.3 is 9.84 Å². The topological polar surface area (TPSA) is 63.6 Å². The van der Waals surface area contributed by atoms with Gasteiger partial charge in [0.2, 0.25) is 0 Å². The van der Waals surface area contributed by atoms with Crippen molar-refractivity contribution in [2.75, 3.05) is 0 Å². The molecular weight excluding hydrogens is 268 g/mol. The Balaban J connectivity index is 3.92. The van der Waals surface area contributed by atoms with Gasteiger partial charge in [-0.15, -0.1) is 0 Å². The first-order valence-corrected chi connectivity index (χ1v) is 8.09. The average molecular weight is 298 g/mol. The van der Waals surface area contributed by atoms with Crippen molar-refractivity contribution in [3.8, 4) is 0 Å². The summed E-state index contributed by atoms with van der Waals surface area (Å²) in [5, 5.41) is 8.47. The maximum atomic E-state index is 11.5. The number of carboxylic acids is 1. The van der Waals surface area contributed by atoms with Crippen molar-refractivity contribution in [3.05, 3.63) is 12.2 Å². The molecule has 0 radical (unpaired) electrons. The van der Waals surface area contributed by atoms with E-state index in [1.54, 1.807) is 0 Å². The molecular formula is C17H30O4. The van der Waals surface area contributed by atoms with E-state index >= 15 is 0 Å². The van der Waals surface area contributed by atoms with Crippen LogP contribution in [0.4, 0.5) is 0 Å². The molecule has 0 heterocycles. The summed E-state index contributed by atoms with van der Waals surface area (Å²) in [4.78, 5) is 21.8. The van der Waals surface area contributed by atoms with Gasteiger partial charge in [-0.25, -0.2) is 9.59 Å². The third kappa shape index (κ3) is 12.2. The minimum absolute atomic E-state index is 0.133. The minimum Gasteiger partial charge on any atom is -0.478 e. The lowest BCUT2D eigenvalue weighted by molar-refractivity contribution is -0.146. The highest BCUT2D eigenvalue weighted by molar-refractivity contribution is 5.90. The van der Waals surface area contributed by atoms with Crippen molar-refractivity contribution < 1.29 is 19.4 Å². The lowest BCUT2D eigenvalue weighted by atomic mass is 9.99. The molecule has 0 aromatic heterocycles. The predicted molar refractivity (Wildman–Crippen MR) is 84.1 cm³/mol. The number of rotatable bonds is 12. The van der Waals surface area contributed by atoms with Crippen LogP contribution in [0.3, 0.4) is 0 Å². The van der Waals surface area contributed by atoms with Crippen molar-refractivity contribution in [2.45, 2.75) is 78.2 Å². The Morgan fingerprint density at radius 3 is 2.10 bits per heavy atom. The van der Waals surface area contributed by atoms with Crippen LogP contribution in [-0.2, 0) is 14.3 Å². The number of ether oxygens (including phenoxy) is 1. The van der Waals surface area contributed by atoms with Crippen LogP contribution in [0.15, 0.2) is 12.2 Å². The molecule has 0 aliphatic carbocycles. The van der Waals surface area contributed by atoms with E-state index in [0.717, 1.165) is 31.4 Å². The molecule has 0 aromatic carbocycles. The number of hydrogen-bond donors (Lipinski definition) is 1. The van der Waals surface area contributed by atoms with E-state index in [1.165, 1.54) is 32.1 Å². The van der Waals surface area contributed by atoms with E-state index in [2.05, 4.69) is 6.92 Å². The Bertz CT molecular complexity index is 321. The third-order valence-corrected chi connectivity index (χ3v) is 3.47. The Morgan fingerprint density at radius 2 is 1.57 bits per heavy atom. The molecule has 4 heteroatoms. The number of carboxylic acid groups (broad SMARTS) is 1. The van der Waals surface area contributed by atoms with Gasteiger partial charge in [-0.2, -0.15) is 0 Å². The zero-order valence-electron chi connectivity index (χ0n) is 13.6. The Kier molecular flexibility index (Phi) is 11.6. The smallest absolute Gasteiger partial charge is 0.331 e. The van der Waals surface area contributed by atoms with Gasteiger partial charge in [-0.3, -0.25) is 0 Å². The Hall–Kier alpha value is -1.32. The van der Waals surface area contributed by atoms with E-state index in [4.69, 9.17) is 9.84 Å². The first kappa shape index (κ1) is 19.7. The van der Waals surface area contributed by atoms with E-state index in [-0.39, 0.29) is 12.0 Å². The first-order valence-electron chi connectivity index (χ1n) is 8.09. The van der Waals surface area contributed by atoms with Crippen LogP contribution >= 0.6 is 0 Å². The fraction of sp³-hybridized carbons (Fsp3) is 0.765. The van der Waals surface area contributed by atoms with Gasteiger partial charge in [-0.05, 0) is 18.8 Å². The molecule has 0 fully saturated rings. The molecule has 1 atom stereocenters. The maximum absolute atomic E-state index is 11.5. The first-order chi connectivity index (χ1) is 9.97. The summed E-state index contributed by atoms with van der Waals surface area (Å²) in [6.07, 6.45) is 11.1. The molecule has 1 unspecified atom stereocenters. The van der Waals surface area contributed by atoms with Gasteiger partial charge in [0.15, 0.2) is 0 Å². The fourth-order valence-corrected chi connectivity index (χ4v) is 2.16. The molecule has 0 bridgehead atoms. The highest BCUT2D eigenvalue weighted by Gasteiger charge is 2.16. The second-order valence-corrected chi connectivity index (χ2v) is 5.80. The highest BCUT2D eigenvalue weighted by Crippen LogP contribution is 2.17. The summed E-state index contributed by atoms with van der Waals surface area (Å²) in [7, 11) is 0. The van der Waals surface area contributed by atoms with E-state index in [9.17, 15) is 9.59 Å². The summed E-state index contributed by atoms with van der Waals surface area (Å²) in [5.41, 5.74) is 0. The number of esters is 1. The van der Waals surface area contributed by atoms with E-state index in [1.807, 2.05) is 13.8 Å². The molecule has 0 rings (SSSR count). The predicted octanol–water partition coefficient (Wildman–Crippen LogP) is 4.34. The van der Waals surface area contributed by atoms with Gasteiger partial charge in [0.1, 0.15) is 6.10 Å². The van der Waals surface area contributed by atoms with Gasteiger partial charge >= 0.3 is 11.9 Å². The van der Waals surface area contributed by atoms with Crippen LogP contribution in [0.5, 0.6) is 0 Å². The number of carbonyl (C=O) groups is 2.